The fourth-order valence-corrected chi connectivity index (χ4v) is 3.98. The van der Waals surface area contributed by atoms with Crippen molar-refractivity contribution in [3.8, 4) is 0 Å². The second-order valence-corrected chi connectivity index (χ2v) is 8.19. The molecule has 2 aliphatic heterocycles. The first kappa shape index (κ1) is 25.4. The maximum atomic E-state index is 12.7. The Morgan fingerprint density at radius 2 is 2.00 bits per heavy atom. The van der Waals surface area contributed by atoms with E-state index in [0.29, 0.717) is 32.1 Å². The van der Waals surface area contributed by atoms with Crippen molar-refractivity contribution in [1.82, 2.24) is 14.7 Å². The number of rotatable bonds is 7. The molecule has 2 saturated heterocycles. The molecule has 2 amide bonds. The minimum atomic E-state index is -0.201. The van der Waals surface area contributed by atoms with Crippen molar-refractivity contribution in [2.75, 3.05) is 46.3 Å². The van der Waals surface area contributed by atoms with E-state index < -0.39 is 0 Å². The van der Waals surface area contributed by atoms with Crippen molar-refractivity contribution in [2.24, 2.45) is 17.1 Å². The molecule has 26 heavy (non-hydrogen) atoms. The lowest BCUT2D eigenvalue weighted by atomic mass is 9.92. The maximum absolute atomic E-state index is 12.7. The van der Waals surface area contributed by atoms with Gasteiger partial charge in [-0.2, -0.15) is 0 Å². The average molecular weight is 411 g/mol. The zero-order valence-electron chi connectivity index (χ0n) is 16.6. The number of nitrogens with two attached hydrogens (primary N) is 1. The van der Waals surface area contributed by atoms with Crippen LogP contribution in [-0.4, -0.2) is 78.9 Å². The summed E-state index contributed by atoms with van der Waals surface area (Å²) in [5.74, 6) is 0.00138. The molecule has 154 valence electrons. The number of halogens is 2. The Morgan fingerprint density at radius 3 is 2.58 bits per heavy atom. The minimum Gasteiger partial charge on any atom is -0.345 e. The zero-order valence-corrected chi connectivity index (χ0v) is 18.2. The molecule has 0 radical (unpaired) electrons. The minimum absolute atomic E-state index is 0. The van der Waals surface area contributed by atoms with Crippen LogP contribution in [0.5, 0.6) is 0 Å². The maximum Gasteiger partial charge on any atom is 0.227 e. The number of likely N-dealkylation sites (N-methyl/N-ethyl adjacent to an activating group) is 1. The van der Waals surface area contributed by atoms with E-state index in [0.717, 1.165) is 26.1 Å². The molecule has 0 bridgehead atoms. The van der Waals surface area contributed by atoms with Gasteiger partial charge in [-0.3, -0.25) is 14.5 Å². The molecule has 2 aliphatic rings. The lowest BCUT2D eigenvalue weighted by Crippen LogP contribution is -2.43. The van der Waals surface area contributed by atoms with Crippen molar-refractivity contribution < 1.29 is 9.59 Å². The first-order chi connectivity index (χ1) is 11.3. The second-order valence-electron chi connectivity index (χ2n) is 8.19. The van der Waals surface area contributed by atoms with E-state index >= 15 is 0 Å². The van der Waals surface area contributed by atoms with Gasteiger partial charge in [0.25, 0.3) is 0 Å². The van der Waals surface area contributed by atoms with Gasteiger partial charge >= 0.3 is 0 Å². The first-order valence-corrected chi connectivity index (χ1v) is 9.24. The van der Waals surface area contributed by atoms with Crippen LogP contribution in [0.3, 0.4) is 0 Å². The molecule has 2 fully saturated rings. The molecule has 2 unspecified atom stereocenters. The molecule has 2 rings (SSSR count). The number of hydrogen-bond acceptors (Lipinski definition) is 4. The van der Waals surface area contributed by atoms with Crippen LogP contribution in [0.2, 0.25) is 0 Å². The van der Waals surface area contributed by atoms with Crippen molar-refractivity contribution in [3.05, 3.63) is 0 Å². The Labute approximate surface area is 170 Å². The van der Waals surface area contributed by atoms with E-state index in [1.54, 1.807) is 4.90 Å². The van der Waals surface area contributed by atoms with Gasteiger partial charge in [0.15, 0.2) is 0 Å². The van der Waals surface area contributed by atoms with Gasteiger partial charge < -0.3 is 15.5 Å². The molecule has 2 heterocycles. The number of hydrogen-bond donors (Lipinski definition) is 1. The summed E-state index contributed by atoms with van der Waals surface area (Å²) >= 11 is 0. The van der Waals surface area contributed by atoms with Gasteiger partial charge in [0.2, 0.25) is 11.8 Å². The Balaban J connectivity index is 0.00000312. The number of amides is 2. The summed E-state index contributed by atoms with van der Waals surface area (Å²) in [5, 5.41) is 0. The van der Waals surface area contributed by atoms with Gasteiger partial charge in [-0.1, -0.05) is 20.8 Å². The Hall–Kier alpha value is -0.560. The van der Waals surface area contributed by atoms with Gasteiger partial charge in [0.05, 0.1) is 5.92 Å². The van der Waals surface area contributed by atoms with Crippen molar-refractivity contribution in [1.29, 1.82) is 0 Å². The second kappa shape index (κ2) is 10.7. The van der Waals surface area contributed by atoms with Crippen LogP contribution in [0.15, 0.2) is 0 Å². The molecule has 8 heteroatoms. The predicted molar refractivity (Wildman–Crippen MR) is 110 cm³/mol. The van der Waals surface area contributed by atoms with Gasteiger partial charge in [-0.15, -0.1) is 24.8 Å². The smallest absolute Gasteiger partial charge is 0.227 e. The molecule has 6 nitrogen and oxygen atoms in total. The monoisotopic (exact) mass is 410 g/mol. The fraction of sp³-hybridized carbons (Fsp3) is 0.889. The normalized spacial score (nSPS) is 23.6. The highest BCUT2D eigenvalue weighted by molar-refractivity contribution is 5.89. The van der Waals surface area contributed by atoms with Gasteiger partial charge in [0, 0.05) is 39.1 Å². The quantitative estimate of drug-likeness (QED) is 0.691. The van der Waals surface area contributed by atoms with E-state index in [2.05, 4.69) is 25.7 Å². The largest absolute Gasteiger partial charge is 0.345 e. The summed E-state index contributed by atoms with van der Waals surface area (Å²) in [6, 6.07) is 0.460. The summed E-state index contributed by atoms with van der Waals surface area (Å²) in [7, 11) is 1.82. The molecule has 0 aromatic rings. The van der Waals surface area contributed by atoms with Gasteiger partial charge in [-0.25, -0.2) is 0 Å². The molecule has 0 spiro atoms. The Morgan fingerprint density at radius 1 is 1.35 bits per heavy atom. The molecule has 0 aromatic carbocycles. The number of nitrogens with zero attached hydrogens (tertiary/aromatic N) is 3. The fourth-order valence-electron chi connectivity index (χ4n) is 3.98. The average Bonchev–Trinajstić information content (AvgIpc) is 3.13. The van der Waals surface area contributed by atoms with Crippen molar-refractivity contribution in [3.63, 3.8) is 0 Å². The molecule has 2 N–H and O–H groups in total. The van der Waals surface area contributed by atoms with E-state index in [-0.39, 0.29) is 48.0 Å². The highest BCUT2D eigenvalue weighted by Crippen LogP contribution is 2.25. The topological polar surface area (TPSA) is 69.9 Å². The third kappa shape index (κ3) is 6.25. The summed E-state index contributed by atoms with van der Waals surface area (Å²) in [6.07, 6.45) is 2.71. The lowest BCUT2D eigenvalue weighted by Gasteiger charge is -2.31. The molecule has 0 aliphatic carbocycles. The molecular weight excluding hydrogens is 375 g/mol. The number of carbonyl (C=O) groups is 2. The van der Waals surface area contributed by atoms with Crippen LogP contribution in [0.1, 0.15) is 40.0 Å². The SMILES string of the molecule is CCN1CCCC1CN1CC(C(=O)N(C)CC(C)(C)CN)CC1=O.Cl.Cl. The van der Waals surface area contributed by atoms with Crippen molar-refractivity contribution in [2.45, 2.75) is 46.1 Å². The Bertz CT molecular complexity index is 476. The van der Waals surface area contributed by atoms with E-state index in [4.69, 9.17) is 5.73 Å². The highest BCUT2D eigenvalue weighted by atomic mass is 35.5. The first-order valence-electron chi connectivity index (χ1n) is 9.24. The standard InChI is InChI=1S/C18H34N4O2.2ClH/c1-5-21-8-6-7-15(21)11-22-10-14(9-16(22)23)17(24)20(4)13-18(2,3)12-19;;/h14-15H,5-13,19H2,1-4H3;2*1H. The summed E-state index contributed by atoms with van der Waals surface area (Å²) in [4.78, 5) is 31.1. The van der Waals surface area contributed by atoms with Crippen molar-refractivity contribution >= 4 is 36.6 Å². The molecule has 2 atom stereocenters. The van der Waals surface area contributed by atoms with Gasteiger partial charge in [-0.05, 0) is 37.9 Å². The highest BCUT2D eigenvalue weighted by Gasteiger charge is 2.38. The predicted octanol–water partition coefficient (Wildman–Crippen LogP) is 1.61. The lowest BCUT2D eigenvalue weighted by molar-refractivity contribution is -0.135. The summed E-state index contributed by atoms with van der Waals surface area (Å²) < 4.78 is 0. The molecular formula is C18H36Cl2N4O2. The van der Waals surface area contributed by atoms with E-state index in [1.807, 2.05) is 11.9 Å². The van der Waals surface area contributed by atoms with Crippen LogP contribution in [-0.2, 0) is 9.59 Å². The van der Waals surface area contributed by atoms with Crippen LogP contribution < -0.4 is 5.73 Å². The van der Waals surface area contributed by atoms with Gasteiger partial charge in [0.1, 0.15) is 0 Å². The molecule has 0 aromatic heterocycles. The van der Waals surface area contributed by atoms with Crippen LogP contribution in [0, 0.1) is 11.3 Å². The third-order valence-electron chi connectivity index (χ3n) is 5.49. The van der Waals surface area contributed by atoms with Crippen LogP contribution in [0.4, 0.5) is 0 Å². The van der Waals surface area contributed by atoms with Crippen LogP contribution >= 0.6 is 24.8 Å². The summed E-state index contributed by atoms with van der Waals surface area (Å²) in [5.41, 5.74) is 5.67. The third-order valence-corrected chi connectivity index (χ3v) is 5.49. The molecule has 0 saturated carbocycles. The summed E-state index contributed by atoms with van der Waals surface area (Å²) in [6.45, 7) is 10.9. The number of carbonyl (C=O) groups excluding carboxylic acids is 2. The van der Waals surface area contributed by atoms with Crippen LogP contribution in [0.25, 0.3) is 0 Å². The zero-order chi connectivity index (χ0) is 17.9. The Kier molecular flexibility index (Phi) is 10.5. The van der Waals surface area contributed by atoms with E-state index in [1.165, 1.54) is 6.42 Å². The number of likely N-dealkylation sites (tertiary alicyclic amines) is 2. The van der Waals surface area contributed by atoms with E-state index in [9.17, 15) is 9.59 Å².